The highest BCUT2D eigenvalue weighted by atomic mass is 16.2. The van der Waals surface area contributed by atoms with E-state index in [4.69, 9.17) is 0 Å². The minimum Gasteiger partial charge on any atom is -0.355 e. The van der Waals surface area contributed by atoms with Gasteiger partial charge in [-0.1, -0.05) is 19.8 Å². The first kappa shape index (κ1) is 9.97. The van der Waals surface area contributed by atoms with Crippen LogP contribution >= 0.6 is 0 Å². The third-order valence-electron chi connectivity index (χ3n) is 3.42. The Balaban J connectivity index is 1.81. The molecule has 14 heavy (non-hydrogen) atoms. The van der Waals surface area contributed by atoms with E-state index in [2.05, 4.69) is 17.6 Å². The van der Waals surface area contributed by atoms with E-state index in [0.29, 0.717) is 6.04 Å². The largest absolute Gasteiger partial charge is 0.355 e. The molecule has 2 N–H and O–H groups in total. The van der Waals surface area contributed by atoms with Crippen molar-refractivity contribution < 1.29 is 4.79 Å². The smallest absolute Gasteiger partial charge is 0.237 e. The van der Waals surface area contributed by atoms with Crippen LogP contribution < -0.4 is 10.6 Å². The fraction of sp³-hybridized carbons (Fsp3) is 0.909. The zero-order valence-electron chi connectivity index (χ0n) is 8.88. The molecule has 0 radical (unpaired) electrons. The van der Waals surface area contributed by atoms with Gasteiger partial charge in [0.1, 0.15) is 0 Å². The van der Waals surface area contributed by atoms with Crippen molar-refractivity contribution in [2.45, 2.75) is 51.1 Å². The number of rotatable bonds is 2. The first-order valence-electron chi connectivity index (χ1n) is 5.79. The summed E-state index contributed by atoms with van der Waals surface area (Å²) >= 11 is 0. The van der Waals surface area contributed by atoms with Crippen LogP contribution in [-0.4, -0.2) is 24.5 Å². The Labute approximate surface area is 85.6 Å². The summed E-state index contributed by atoms with van der Waals surface area (Å²) in [5, 5.41) is 6.35. The lowest BCUT2D eigenvalue weighted by Crippen LogP contribution is -2.44. The van der Waals surface area contributed by atoms with Crippen LogP contribution in [0.15, 0.2) is 0 Å². The Kier molecular flexibility index (Phi) is 3.06. The van der Waals surface area contributed by atoms with Crippen LogP contribution in [0.1, 0.15) is 39.0 Å². The maximum atomic E-state index is 11.4. The molecule has 0 spiro atoms. The Morgan fingerprint density at radius 3 is 2.86 bits per heavy atom. The second kappa shape index (κ2) is 4.30. The second-order valence-electron chi connectivity index (χ2n) is 4.77. The van der Waals surface area contributed by atoms with Crippen molar-refractivity contribution in [3.8, 4) is 0 Å². The van der Waals surface area contributed by atoms with Crippen LogP contribution in [0, 0.1) is 5.92 Å². The summed E-state index contributed by atoms with van der Waals surface area (Å²) in [6.45, 7) is 3.15. The molecule has 2 rings (SSSR count). The zero-order valence-corrected chi connectivity index (χ0v) is 8.88. The molecule has 1 amide bonds. The van der Waals surface area contributed by atoms with E-state index in [1.165, 1.54) is 25.7 Å². The molecular formula is C11H20N2O. The number of amides is 1. The quantitative estimate of drug-likeness (QED) is 0.693. The van der Waals surface area contributed by atoms with Crippen molar-refractivity contribution >= 4 is 5.91 Å². The summed E-state index contributed by atoms with van der Waals surface area (Å²) in [5.74, 6) is 1.02. The fourth-order valence-corrected chi connectivity index (χ4v) is 2.62. The van der Waals surface area contributed by atoms with Gasteiger partial charge in [-0.05, 0) is 25.2 Å². The number of hydrogen-bond acceptors (Lipinski definition) is 2. The molecule has 0 aromatic heterocycles. The van der Waals surface area contributed by atoms with Crippen LogP contribution in [0.2, 0.25) is 0 Å². The highest BCUT2D eigenvalue weighted by Gasteiger charge is 2.28. The van der Waals surface area contributed by atoms with Crippen LogP contribution in [0.5, 0.6) is 0 Å². The molecule has 3 nitrogen and oxygen atoms in total. The van der Waals surface area contributed by atoms with E-state index >= 15 is 0 Å². The first-order valence-corrected chi connectivity index (χ1v) is 5.79. The van der Waals surface area contributed by atoms with Gasteiger partial charge in [0.15, 0.2) is 0 Å². The second-order valence-corrected chi connectivity index (χ2v) is 4.77. The van der Waals surface area contributed by atoms with Gasteiger partial charge in [0, 0.05) is 12.6 Å². The Morgan fingerprint density at radius 1 is 1.36 bits per heavy atom. The average Bonchev–Trinajstić information content (AvgIpc) is 2.52. The third-order valence-corrected chi connectivity index (χ3v) is 3.42. The molecule has 3 atom stereocenters. The lowest BCUT2D eigenvalue weighted by Gasteiger charge is -2.29. The molecule has 1 heterocycles. The molecule has 1 aliphatic heterocycles. The molecule has 0 aromatic rings. The predicted molar refractivity (Wildman–Crippen MR) is 56.0 cm³/mol. The Bertz CT molecular complexity index is 217. The molecular weight excluding hydrogens is 176 g/mol. The highest BCUT2D eigenvalue weighted by molar-refractivity contribution is 5.83. The maximum Gasteiger partial charge on any atom is 0.237 e. The van der Waals surface area contributed by atoms with Crippen LogP contribution in [-0.2, 0) is 4.79 Å². The summed E-state index contributed by atoms with van der Waals surface area (Å²) in [7, 11) is 0. The SMILES string of the molecule is CC1CCCC(NC2CCNC2=O)C1. The van der Waals surface area contributed by atoms with Crippen molar-refractivity contribution in [2.24, 2.45) is 5.92 Å². The minimum atomic E-state index is 0.0882. The highest BCUT2D eigenvalue weighted by Crippen LogP contribution is 2.24. The molecule has 80 valence electrons. The zero-order chi connectivity index (χ0) is 9.97. The summed E-state index contributed by atoms with van der Waals surface area (Å²) < 4.78 is 0. The number of nitrogens with one attached hydrogen (secondary N) is 2. The third kappa shape index (κ3) is 2.27. The van der Waals surface area contributed by atoms with Gasteiger partial charge in [0.05, 0.1) is 6.04 Å². The predicted octanol–water partition coefficient (Wildman–Crippen LogP) is 1.04. The van der Waals surface area contributed by atoms with Gasteiger partial charge in [-0.15, -0.1) is 0 Å². The van der Waals surface area contributed by atoms with Crippen LogP contribution in [0.4, 0.5) is 0 Å². The Hall–Kier alpha value is -0.570. The summed E-state index contributed by atoms with van der Waals surface area (Å²) in [6.07, 6.45) is 6.11. The van der Waals surface area contributed by atoms with Gasteiger partial charge >= 0.3 is 0 Å². The van der Waals surface area contributed by atoms with Gasteiger partial charge in [-0.3, -0.25) is 4.79 Å². The van der Waals surface area contributed by atoms with E-state index < -0.39 is 0 Å². The van der Waals surface area contributed by atoms with E-state index in [1.807, 2.05) is 0 Å². The molecule has 0 aromatic carbocycles. The average molecular weight is 196 g/mol. The first-order chi connectivity index (χ1) is 6.75. The van der Waals surface area contributed by atoms with Gasteiger partial charge in [0.2, 0.25) is 5.91 Å². The summed E-state index contributed by atoms with van der Waals surface area (Å²) in [4.78, 5) is 11.4. The molecule has 1 saturated carbocycles. The molecule has 1 aliphatic carbocycles. The number of hydrogen-bond donors (Lipinski definition) is 2. The van der Waals surface area contributed by atoms with E-state index in [9.17, 15) is 4.79 Å². The van der Waals surface area contributed by atoms with Crippen molar-refractivity contribution in [2.75, 3.05) is 6.54 Å². The molecule has 2 aliphatic rings. The lowest BCUT2D eigenvalue weighted by molar-refractivity contribution is -0.121. The van der Waals surface area contributed by atoms with E-state index in [-0.39, 0.29) is 11.9 Å². The van der Waals surface area contributed by atoms with Crippen LogP contribution in [0.3, 0.4) is 0 Å². The molecule has 1 saturated heterocycles. The Morgan fingerprint density at radius 2 is 2.21 bits per heavy atom. The topological polar surface area (TPSA) is 41.1 Å². The van der Waals surface area contributed by atoms with E-state index in [1.54, 1.807) is 0 Å². The van der Waals surface area contributed by atoms with Crippen LogP contribution in [0.25, 0.3) is 0 Å². The summed E-state index contributed by atoms with van der Waals surface area (Å²) in [6, 6.07) is 0.665. The van der Waals surface area contributed by atoms with Gasteiger partial charge in [-0.25, -0.2) is 0 Å². The van der Waals surface area contributed by atoms with Crippen molar-refractivity contribution in [3.63, 3.8) is 0 Å². The fourth-order valence-electron chi connectivity index (χ4n) is 2.62. The van der Waals surface area contributed by atoms with Crippen molar-refractivity contribution in [3.05, 3.63) is 0 Å². The molecule has 2 fully saturated rings. The summed E-state index contributed by atoms with van der Waals surface area (Å²) in [5.41, 5.74) is 0. The molecule has 3 unspecified atom stereocenters. The van der Waals surface area contributed by atoms with E-state index in [0.717, 1.165) is 18.9 Å². The normalized spacial score (nSPS) is 38.4. The molecule has 3 heteroatoms. The minimum absolute atomic E-state index is 0.0882. The lowest BCUT2D eigenvalue weighted by atomic mass is 9.86. The van der Waals surface area contributed by atoms with Gasteiger partial charge < -0.3 is 10.6 Å². The number of carbonyl (C=O) groups is 1. The maximum absolute atomic E-state index is 11.4. The standard InChI is InChI=1S/C11H20N2O/c1-8-3-2-4-9(7-8)13-10-5-6-12-11(10)14/h8-10,13H,2-7H2,1H3,(H,12,14). The monoisotopic (exact) mass is 196 g/mol. The van der Waals surface area contributed by atoms with Crippen molar-refractivity contribution in [1.29, 1.82) is 0 Å². The number of carbonyl (C=O) groups excluding carboxylic acids is 1. The van der Waals surface area contributed by atoms with Gasteiger partial charge in [-0.2, -0.15) is 0 Å². The van der Waals surface area contributed by atoms with Crippen molar-refractivity contribution in [1.82, 2.24) is 10.6 Å². The van der Waals surface area contributed by atoms with Gasteiger partial charge in [0.25, 0.3) is 0 Å². The molecule has 0 bridgehead atoms.